The number of aromatic nitrogens is 1. The van der Waals surface area contributed by atoms with Gasteiger partial charge in [-0.15, -0.1) is 11.3 Å². The summed E-state index contributed by atoms with van der Waals surface area (Å²) in [5, 5.41) is 7.02. The van der Waals surface area contributed by atoms with Crippen molar-refractivity contribution < 1.29 is 4.74 Å². The van der Waals surface area contributed by atoms with E-state index in [1.54, 1.807) is 11.3 Å². The molecule has 2 aromatic rings. The third-order valence-electron chi connectivity index (χ3n) is 2.67. The molecule has 0 aliphatic heterocycles. The fourth-order valence-corrected chi connectivity index (χ4v) is 2.76. The highest BCUT2D eigenvalue weighted by atomic mass is 35.5. The van der Waals surface area contributed by atoms with Crippen LogP contribution in [-0.2, 0) is 13.0 Å². The number of hydrogen-bond donors (Lipinski definition) is 1. The van der Waals surface area contributed by atoms with Gasteiger partial charge in [0, 0.05) is 23.4 Å². The summed E-state index contributed by atoms with van der Waals surface area (Å²) in [6, 6.07) is 5.66. The molecule has 0 aliphatic rings. The quantitative estimate of drug-likeness (QED) is 0.886. The summed E-state index contributed by atoms with van der Waals surface area (Å²) in [5.41, 5.74) is 2.15. The van der Waals surface area contributed by atoms with E-state index in [0.717, 1.165) is 40.0 Å². The first-order valence-electron chi connectivity index (χ1n) is 6.16. The van der Waals surface area contributed by atoms with Gasteiger partial charge in [0.2, 0.25) is 0 Å². The van der Waals surface area contributed by atoms with Crippen LogP contribution in [0.4, 0.5) is 0 Å². The molecule has 1 aromatic carbocycles. The molecule has 1 aromatic heterocycles. The lowest BCUT2D eigenvalue weighted by molar-refractivity contribution is 0.319. The number of benzene rings is 1. The molecule has 19 heavy (non-hydrogen) atoms. The van der Waals surface area contributed by atoms with E-state index in [4.69, 9.17) is 16.3 Å². The first-order valence-corrected chi connectivity index (χ1v) is 7.41. The van der Waals surface area contributed by atoms with Gasteiger partial charge in [0.25, 0.3) is 0 Å². The fraction of sp³-hybridized carbons (Fsp3) is 0.357. The van der Waals surface area contributed by atoms with Crippen molar-refractivity contribution in [3.8, 4) is 5.75 Å². The Kier molecular flexibility index (Phi) is 5.19. The van der Waals surface area contributed by atoms with E-state index < -0.39 is 0 Å². The Balaban J connectivity index is 1.85. The third kappa shape index (κ3) is 4.20. The highest BCUT2D eigenvalue weighted by Crippen LogP contribution is 2.22. The van der Waals surface area contributed by atoms with Gasteiger partial charge < -0.3 is 10.1 Å². The minimum atomic E-state index is 0.634. The number of hydrogen-bond acceptors (Lipinski definition) is 4. The summed E-state index contributed by atoms with van der Waals surface area (Å²) in [4.78, 5) is 4.52. The third-order valence-corrected chi connectivity index (χ3v) is 3.86. The van der Waals surface area contributed by atoms with Crippen LogP contribution in [0, 0.1) is 6.92 Å². The van der Waals surface area contributed by atoms with Crippen LogP contribution in [0.5, 0.6) is 5.75 Å². The van der Waals surface area contributed by atoms with Crippen LogP contribution in [-0.4, -0.2) is 18.6 Å². The first-order chi connectivity index (χ1) is 9.19. The number of nitrogens with one attached hydrogen (secondary N) is 1. The zero-order chi connectivity index (χ0) is 13.7. The van der Waals surface area contributed by atoms with E-state index in [9.17, 15) is 0 Å². The van der Waals surface area contributed by atoms with E-state index in [-0.39, 0.29) is 0 Å². The Morgan fingerprint density at radius 1 is 1.42 bits per heavy atom. The predicted octanol–water partition coefficient (Wildman–Crippen LogP) is 3.45. The molecule has 0 spiro atoms. The second-order valence-electron chi connectivity index (χ2n) is 4.27. The van der Waals surface area contributed by atoms with Gasteiger partial charge in [-0.2, -0.15) is 0 Å². The first kappa shape index (κ1) is 14.3. The molecule has 0 fully saturated rings. The Morgan fingerprint density at radius 3 is 3.00 bits per heavy atom. The highest BCUT2D eigenvalue weighted by Gasteiger charge is 2.03. The molecule has 0 atom stereocenters. The van der Waals surface area contributed by atoms with Crippen LogP contribution >= 0.6 is 22.9 Å². The zero-order valence-electron chi connectivity index (χ0n) is 11.1. The number of aryl methyl sites for hydroxylation is 1. The molecule has 1 N–H and O–H groups in total. The molecule has 2 rings (SSSR count). The highest BCUT2D eigenvalue weighted by molar-refractivity contribution is 7.09. The van der Waals surface area contributed by atoms with E-state index in [0.29, 0.717) is 6.61 Å². The molecule has 1 heterocycles. The van der Waals surface area contributed by atoms with Crippen LogP contribution < -0.4 is 10.1 Å². The Bertz CT molecular complexity index is 542. The average molecular weight is 297 g/mol. The van der Waals surface area contributed by atoms with Crippen molar-refractivity contribution in [1.82, 2.24) is 10.3 Å². The summed E-state index contributed by atoms with van der Waals surface area (Å²) in [6.45, 7) is 3.44. The van der Waals surface area contributed by atoms with Gasteiger partial charge in [0.1, 0.15) is 5.75 Å². The molecule has 3 nitrogen and oxygen atoms in total. The molecule has 0 amide bonds. The zero-order valence-corrected chi connectivity index (χ0v) is 12.6. The summed E-state index contributed by atoms with van der Waals surface area (Å²) < 4.78 is 5.76. The van der Waals surface area contributed by atoms with Gasteiger partial charge >= 0.3 is 0 Å². The van der Waals surface area contributed by atoms with Crippen molar-refractivity contribution in [3.63, 3.8) is 0 Å². The molecule has 0 saturated carbocycles. The second kappa shape index (κ2) is 6.89. The van der Waals surface area contributed by atoms with Crippen LogP contribution in [0.1, 0.15) is 16.3 Å². The number of rotatable bonds is 6. The van der Waals surface area contributed by atoms with E-state index in [1.807, 2.05) is 32.2 Å². The van der Waals surface area contributed by atoms with E-state index in [1.165, 1.54) is 0 Å². The summed E-state index contributed by atoms with van der Waals surface area (Å²) >= 11 is 7.59. The lowest BCUT2D eigenvalue weighted by Gasteiger charge is -2.08. The molecule has 0 radical (unpaired) electrons. The largest absolute Gasteiger partial charge is 0.493 e. The number of nitrogens with zero attached hydrogens (tertiary/aromatic N) is 1. The predicted molar refractivity (Wildman–Crippen MR) is 80.3 cm³/mol. The molecular formula is C14H17ClN2OS. The Morgan fingerprint density at radius 2 is 2.26 bits per heavy atom. The second-order valence-corrected chi connectivity index (χ2v) is 5.65. The topological polar surface area (TPSA) is 34.1 Å². The van der Waals surface area contributed by atoms with Crippen molar-refractivity contribution in [2.75, 3.05) is 13.7 Å². The lowest BCUT2D eigenvalue weighted by atomic mass is 10.2. The number of thiazole rings is 1. The molecule has 5 heteroatoms. The summed E-state index contributed by atoms with van der Waals surface area (Å²) in [7, 11) is 1.92. The fourth-order valence-electron chi connectivity index (χ4n) is 1.75. The van der Waals surface area contributed by atoms with Crippen molar-refractivity contribution in [2.45, 2.75) is 19.9 Å². The minimum Gasteiger partial charge on any atom is -0.493 e. The average Bonchev–Trinajstić information content (AvgIpc) is 2.80. The Labute approximate surface area is 122 Å². The number of halogens is 1. The summed E-state index contributed by atoms with van der Waals surface area (Å²) in [6.07, 6.45) is 0.830. The maximum Gasteiger partial charge on any atom is 0.122 e. The van der Waals surface area contributed by atoms with Crippen molar-refractivity contribution >= 4 is 22.9 Å². The van der Waals surface area contributed by atoms with Crippen LogP contribution in [0.3, 0.4) is 0 Å². The minimum absolute atomic E-state index is 0.634. The van der Waals surface area contributed by atoms with E-state index >= 15 is 0 Å². The van der Waals surface area contributed by atoms with Gasteiger partial charge in [-0.05, 0) is 37.7 Å². The maximum absolute atomic E-state index is 5.91. The standard InChI is InChI=1S/C14H17ClN2OS/c1-10-7-11(15)3-4-13(10)18-6-5-14-17-12(8-16-2)9-19-14/h3-4,7,9,16H,5-6,8H2,1-2H3. The molecule has 0 unspecified atom stereocenters. The van der Waals surface area contributed by atoms with Crippen molar-refractivity contribution in [3.05, 3.63) is 44.9 Å². The van der Waals surface area contributed by atoms with E-state index in [2.05, 4.69) is 15.7 Å². The smallest absolute Gasteiger partial charge is 0.122 e. The maximum atomic E-state index is 5.91. The molecular weight excluding hydrogens is 280 g/mol. The van der Waals surface area contributed by atoms with Gasteiger partial charge in [-0.1, -0.05) is 11.6 Å². The van der Waals surface area contributed by atoms with Gasteiger partial charge in [0.15, 0.2) is 0 Å². The molecule has 0 saturated heterocycles. The van der Waals surface area contributed by atoms with Crippen LogP contribution in [0.25, 0.3) is 0 Å². The molecule has 0 aliphatic carbocycles. The normalized spacial score (nSPS) is 10.7. The summed E-state index contributed by atoms with van der Waals surface area (Å²) in [5.74, 6) is 0.886. The van der Waals surface area contributed by atoms with Gasteiger partial charge in [-0.3, -0.25) is 0 Å². The van der Waals surface area contributed by atoms with Gasteiger partial charge in [0.05, 0.1) is 17.3 Å². The number of ether oxygens (including phenoxy) is 1. The molecule has 0 bridgehead atoms. The van der Waals surface area contributed by atoms with Crippen LogP contribution in [0.2, 0.25) is 5.02 Å². The lowest BCUT2D eigenvalue weighted by Crippen LogP contribution is -2.06. The van der Waals surface area contributed by atoms with Crippen molar-refractivity contribution in [2.24, 2.45) is 0 Å². The SMILES string of the molecule is CNCc1csc(CCOc2ccc(Cl)cc2C)n1. The van der Waals surface area contributed by atoms with Crippen molar-refractivity contribution in [1.29, 1.82) is 0 Å². The Hall–Kier alpha value is -1.10. The monoisotopic (exact) mass is 296 g/mol. The van der Waals surface area contributed by atoms with Crippen LogP contribution in [0.15, 0.2) is 23.6 Å². The van der Waals surface area contributed by atoms with Gasteiger partial charge in [-0.25, -0.2) is 4.98 Å². The molecule has 102 valence electrons.